The molecule has 3 aromatic rings. The third-order valence-electron chi connectivity index (χ3n) is 4.36. The Morgan fingerprint density at radius 1 is 1.31 bits per heavy atom. The van der Waals surface area contributed by atoms with E-state index in [1.807, 2.05) is 17.6 Å². The second-order valence-corrected chi connectivity index (χ2v) is 6.82. The number of anilines is 1. The maximum Gasteiger partial charge on any atom is 0.275 e. The van der Waals surface area contributed by atoms with Gasteiger partial charge in [0.1, 0.15) is 5.69 Å². The fraction of sp³-hybridized carbons (Fsp3) is 0.278. The Kier molecular flexibility index (Phi) is 4.94. The van der Waals surface area contributed by atoms with Crippen LogP contribution in [0.3, 0.4) is 0 Å². The Bertz CT molecular complexity index is 870. The van der Waals surface area contributed by atoms with Crippen LogP contribution in [0.4, 0.5) is 5.82 Å². The molecule has 1 aliphatic rings. The summed E-state index contributed by atoms with van der Waals surface area (Å²) in [4.78, 5) is 31.8. The largest absolute Gasteiger partial charge is 0.304 e. The molecular weight excluding hydrogens is 348 g/mol. The smallest absolute Gasteiger partial charge is 0.275 e. The van der Waals surface area contributed by atoms with E-state index in [0.717, 1.165) is 37.3 Å². The molecule has 0 bridgehead atoms. The van der Waals surface area contributed by atoms with E-state index in [0.29, 0.717) is 11.5 Å². The van der Waals surface area contributed by atoms with Crippen LogP contribution >= 0.6 is 11.3 Å². The minimum absolute atomic E-state index is 0.209. The molecule has 3 aromatic heterocycles. The lowest BCUT2D eigenvalue weighted by molar-refractivity contribution is 0.102. The number of nitrogens with zero attached hydrogens (tertiary/aromatic N) is 5. The van der Waals surface area contributed by atoms with Crippen LogP contribution in [0.2, 0.25) is 0 Å². The minimum Gasteiger partial charge on any atom is -0.304 e. The third kappa shape index (κ3) is 3.76. The van der Waals surface area contributed by atoms with Gasteiger partial charge in [0, 0.05) is 24.3 Å². The molecule has 7 nitrogen and oxygen atoms in total. The first-order valence-corrected chi connectivity index (χ1v) is 9.39. The zero-order valence-corrected chi connectivity index (χ0v) is 14.9. The van der Waals surface area contributed by atoms with E-state index in [4.69, 9.17) is 0 Å². The van der Waals surface area contributed by atoms with Crippen LogP contribution in [0.5, 0.6) is 0 Å². The monoisotopic (exact) mass is 366 g/mol. The Morgan fingerprint density at radius 2 is 2.27 bits per heavy atom. The summed E-state index contributed by atoms with van der Waals surface area (Å²) in [6.45, 7) is 1.83. The van der Waals surface area contributed by atoms with Gasteiger partial charge in [-0.2, -0.15) is 0 Å². The quantitative estimate of drug-likeness (QED) is 0.747. The highest BCUT2D eigenvalue weighted by Gasteiger charge is 2.28. The minimum atomic E-state index is -0.281. The van der Waals surface area contributed by atoms with Crippen molar-refractivity contribution in [3.05, 3.63) is 64.8 Å². The van der Waals surface area contributed by atoms with Gasteiger partial charge in [-0.15, -0.1) is 11.3 Å². The Hall–Kier alpha value is -2.71. The highest BCUT2D eigenvalue weighted by Crippen LogP contribution is 2.32. The maximum absolute atomic E-state index is 12.5. The molecule has 26 heavy (non-hydrogen) atoms. The molecule has 0 saturated carbocycles. The zero-order valence-electron chi connectivity index (χ0n) is 14.1. The second kappa shape index (κ2) is 7.67. The second-order valence-electron chi connectivity index (χ2n) is 6.10. The fourth-order valence-corrected chi connectivity index (χ4v) is 3.73. The van der Waals surface area contributed by atoms with Crippen molar-refractivity contribution >= 4 is 23.1 Å². The Balaban J connectivity index is 1.50. The predicted octanol–water partition coefficient (Wildman–Crippen LogP) is 2.92. The number of aromatic nitrogens is 4. The maximum atomic E-state index is 12.5. The number of carbonyl (C=O) groups excluding carboxylic acids is 1. The fourth-order valence-electron chi connectivity index (χ4n) is 3.18. The topological polar surface area (TPSA) is 83.9 Å². The number of likely N-dealkylation sites (tertiary alicyclic amines) is 1. The third-order valence-corrected chi connectivity index (χ3v) is 5.00. The lowest BCUT2D eigenvalue weighted by atomic mass is 10.1. The van der Waals surface area contributed by atoms with E-state index in [2.05, 4.69) is 35.5 Å². The van der Waals surface area contributed by atoms with Gasteiger partial charge in [0.25, 0.3) is 5.91 Å². The summed E-state index contributed by atoms with van der Waals surface area (Å²) in [6, 6.07) is 5.80. The van der Waals surface area contributed by atoms with E-state index in [-0.39, 0.29) is 11.9 Å². The average Bonchev–Trinajstić information content (AvgIpc) is 3.35. The number of hydrogen-bond acceptors (Lipinski definition) is 7. The van der Waals surface area contributed by atoms with Gasteiger partial charge in [0.2, 0.25) is 0 Å². The molecule has 1 saturated heterocycles. The molecule has 0 spiro atoms. The molecule has 0 aromatic carbocycles. The number of hydrogen-bond donors (Lipinski definition) is 1. The van der Waals surface area contributed by atoms with Gasteiger partial charge in [0.05, 0.1) is 29.1 Å². The Labute approximate surface area is 155 Å². The van der Waals surface area contributed by atoms with Gasteiger partial charge in [0.15, 0.2) is 5.82 Å². The molecule has 4 heterocycles. The number of nitrogens with one attached hydrogen (secondary N) is 1. The summed E-state index contributed by atoms with van der Waals surface area (Å²) in [5.41, 5.74) is 4.24. The first-order valence-electron chi connectivity index (χ1n) is 8.45. The van der Waals surface area contributed by atoms with Crippen LogP contribution in [0.1, 0.15) is 40.8 Å². The highest BCUT2D eigenvalue weighted by atomic mass is 32.1. The SMILES string of the molecule is O=C(Nc1cnccn1)c1cccc([C@H]2CCCN2Cc2cscn2)n1. The molecular formula is C18H18N6OS. The van der Waals surface area contributed by atoms with Crippen molar-refractivity contribution in [1.82, 2.24) is 24.8 Å². The number of carbonyl (C=O) groups is 1. The van der Waals surface area contributed by atoms with Crippen molar-refractivity contribution in [2.45, 2.75) is 25.4 Å². The molecule has 0 unspecified atom stereocenters. The summed E-state index contributed by atoms with van der Waals surface area (Å²) in [5, 5.41) is 4.80. The highest BCUT2D eigenvalue weighted by molar-refractivity contribution is 7.07. The van der Waals surface area contributed by atoms with Gasteiger partial charge in [-0.25, -0.2) is 15.0 Å². The van der Waals surface area contributed by atoms with E-state index in [1.165, 1.54) is 12.4 Å². The molecule has 132 valence electrons. The van der Waals surface area contributed by atoms with Crippen molar-refractivity contribution < 1.29 is 4.79 Å². The first-order chi connectivity index (χ1) is 12.8. The van der Waals surface area contributed by atoms with Crippen LogP contribution in [0.15, 0.2) is 47.7 Å². The van der Waals surface area contributed by atoms with Crippen LogP contribution in [0.25, 0.3) is 0 Å². The normalized spacial score (nSPS) is 17.3. The van der Waals surface area contributed by atoms with Crippen molar-refractivity contribution in [3.8, 4) is 0 Å². The van der Waals surface area contributed by atoms with E-state index < -0.39 is 0 Å². The first kappa shape index (κ1) is 16.7. The molecule has 1 N–H and O–H groups in total. The average molecular weight is 366 g/mol. The number of rotatable bonds is 5. The molecule has 1 atom stereocenters. The van der Waals surface area contributed by atoms with Crippen molar-refractivity contribution in [2.24, 2.45) is 0 Å². The Morgan fingerprint density at radius 3 is 3.08 bits per heavy atom. The summed E-state index contributed by atoms with van der Waals surface area (Å²) in [6.07, 6.45) is 6.76. The number of amides is 1. The molecule has 1 aliphatic heterocycles. The van der Waals surface area contributed by atoms with Gasteiger partial charge >= 0.3 is 0 Å². The molecule has 1 amide bonds. The zero-order chi connectivity index (χ0) is 17.8. The lowest BCUT2D eigenvalue weighted by Gasteiger charge is -2.23. The van der Waals surface area contributed by atoms with Gasteiger partial charge in [-0.3, -0.25) is 14.7 Å². The van der Waals surface area contributed by atoms with E-state index >= 15 is 0 Å². The van der Waals surface area contributed by atoms with Crippen LogP contribution in [0, 0.1) is 0 Å². The van der Waals surface area contributed by atoms with Crippen LogP contribution in [-0.4, -0.2) is 37.3 Å². The van der Waals surface area contributed by atoms with Gasteiger partial charge < -0.3 is 5.32 Å². The molecule has 0 radical (unpaired) electrons. The van der Waals surface area contributed by atoms with Gasteiger partial charge in [-0.05, 0) is 31.5 Å². The standard InChI is InChI=1S/C18H18N6OS/c25-18(23-17-9-19-6-7-20-17)15-4-1-3-14(22-15)16-5-2-8-24(16)10-13-11-26-12-21-13/h1,3-4,6-7,9,11-12,16H,2,5,8,10H2,(H,20,23,25)/t16-/m1/s1. The van der Waals surface area contributed by atoms with Crippen LogP contribution < -0.4 is 5.32 Å². The molecule has 4 rings (SSSR count). The number of thiazole rings is 1. The summed E-state index contributed by atoms with van der Waals surface area (Å²) < 4.78 is 0. The lowest BCUT2D eigenvalue weighted by Crippen LogP contribution is -2.24. The van der Waals surface area contributed by atoms with Crippen molar-refractivity contribution in [1.29, 1.82) is 0 Å². The van der Waals surface area contributed by atoms with Gasteiger partial charge in [-0.1, -0.05) is 6.07 Å². The van der Waals surface area contributed by atoms with Crippen molar-refractivity contribution in [3.63, 3.8) is 0 Å². The summed E-state index contributed by atoms with van der Waals surface area (Å²) >= 11 is 1.61. The predicted molar refractivity (Wildman–Crippen MR) is 98.7 cm³/mol. The van der Waals surface area contributed by atoms with E-state index in [9.17, 15) is 4.79 Å². The molecule has 1 fully saturated rings. The molecule has 8 heteroatoms. The van der Waals surface area contributed by atoms with Crippen LogP contribution in [-0.2, 0) is 6.54 Å². The number of pyridine rings is 1. The van der Waals surface area contributed by atoms with E-state index in [1.54, 1.807) is 23.6 Å². The summed E-state index contributed by atoms with van der Waals surface area (Å²) in [5.74, 6) is 0.132. The van der Waals surface area contributed by atoms with Crippen molar-refractivity contribution in [2.75, 3.05) is 11.9 Å². The summed E-state index contributed by atoms with van der Waals surface area (Å²) in [7, 11) is 0. The molecule has 0 aliphatic carbocycles.